The first-order valence-corrected chi connectivity index (χ1v) is 5.24. The molecule has 5 N–H and O–H groups in total. The van der Waals surface area contributed by atoms with Gasteiger partial charge in [0.1, 0.15) is 12.0 Å². The van der Waals surface area contributed by atoms with E-state index in [0.717, 1.165) is 0 Å². The molecular formula is C11H13N3O3. The van der Waals surface area contributed by atoms with Crippen LogP contribution in [0.3, 0.4) is 0 Å². The van der Waals surface area contributed by atoms with Gasteiger partial charge in [0.15, 0.2) is 0 Å². The molecule has 1 aliphatic heterocycles. The molecule has 1 aliphatic carbocycles. The van der Waals surface area contributed by atoms with Crippen molar-refractivity contribution in [3.05, 3.63) is 28.7 Å². The largest absolute Gasteiger partial charge is 0.397 e. The predicted octanol–water partition coefficient (Wildman–Crippen LogP) is -1.08. The summed E-state index contributed by atoms with van der Waals surface area (Å²) in [7, 11) is 0. The van der Waals surface area contributed by atoms with Crippen LogP contribution in [-0.4, -0.2) is 24.6 Å². The van der Waals surface area contributed by atoms with Crippen molar-refractivity contribution in [3.8, 4) is 0 Å². The minimum Gasteiger partial charge on any atom is -0.397 e. The van der Waals surface area contributed by atoms with Gasteiger partial charge in [-0.15, -0.1) is 0 Å². The molecule has 90 valence electrons. The number of ether oxygens (including phenoxy) is 1. The Bertz CT molecular complexity index is 486. The summed E-state index contributed by atoms with van der Waals surface area (Å²) in [6.45, 7) is 2.14. The Balaban J connectivity index is 2.47. The van der Waals surface area contributed by atoms with Crippen LogP contribution in [0.5, 0.6) is 0 Å². The third-order valence-electron chi connectivity index (χ3n) is 2.84. The van der Waals surface area contributed by atoms with Crippen LogP contribution in [0.4, 0.5) is 0 Å². The molecule has 0 aromatic rings. The molecule has 0 spiro atoms. The average molecular weight is 235 g/mol. The Labute approximate surface area is 98.0 Å². The highest BCUT2D eigenvalue weighted by Gasteiger charge is 2.44. The summed E-state index contributed by atoms with van der Waals surface area (Å²) in [4.78, 5) is 22.6. The third kappa shape index (κ3) is 1.63. The average Bonchev–Trinajstić information content (AvgIpc) is 2.58. The van der Waals surface area contributed by atoms with Crippen LogP contribution < -0.4 is 16.8 Å². The zero-order chi connectivity index (χ0) is 12.6. The van der Waals surface area contributed by atoms with Crippen molar-refractivity contribution in [1.82, 2.24) is 5.32 Å². The lowest BCUT2D eigenvalue weighted by molar-refractivity contribution is -0.129. The van der Waals surface area contributed by atoms with Crippen LogP contribution in [0.15, 0.2) is 28.7 Å². The molecule has 0 aromatic heterocycles. The molecule has 6 heteroatoms. The number of carbonyl (C=O) groups excluding carboxylic acids is 2. The minimum atomic E-state index is -0.741. The summed E-state index contributed by atoms with van der Waals surface area (Å²) < 4.78 is 5.33. The predicted molar refractivity (Wildman–Crippen MR) is 59.7 cm³/mol. The van der Waals surface area contributed by atoms with E-state index in [2.05, 4.69) is 5.32 Å². The monoisotopic (exact) mass is 235 g/mol. The standard InChI is InChI=1S/C11H13N3O3/c1-2-17-10-8-5(4-15)9(13)6(12)3-7(8)14-11(10)16/h3,8,10H,2,12-13H2,1H3,(H,14,16). The molecule has 2 unspecified atom stereocenters. The molecule has 17 heavy (non-hydrogen) atoms. The van der Waals surface area contributed by atoms with E-state index in [1.165, 1.54) is 0 Å². The highest BCUT2D eigenvalue weighted by Crippen LogP contribution is 2.35. The molecule has 0 aromatic carbocycles. The first-order valence-electron chi connectivity index (χ1n) is 5.24. The van der Waals surface area contributed by atoms with Gasteiger partial charge in [-0.2, -0.15) is 0 Å². The molecule has 2 aliphatic rings. The number of fused-ring (bicyclic) bond motifs is 1. The van der Waals surface area contributed by atoms with E-state index in [-0.39, 0.29) is 22.9 Å². The fourth-order valence-corrected chi connectivity index (χ4v) is 2.08. The van der Waals surface area contributed by atoms with Gasteiger partial charge < -0.3 is 21.5 Å². The highest BCUT2D eigenvalue weighted by molar-refractivity contribution is 5.89. The van der Waals surface area contributed by atoms with Crippen molar-refractivity contribution < 1.29 is 14.3 Å². The number of nitrogens with two attached hydrogens (primary N) is 2. The van der Waals surface area contributed by atoms with Crippen molar-refractivity contribution in [1.29, 1.82) is 0 Å². The number of hydrogen-bond acceptors (Lipinski definition) is 5. The van der Waals surface area contributed by atoms with E-state index >= 15 is 0 Å². The molecule has 2 atom stereocenters. The Morgan fingerprint density at radius 1 is 1.53 bits per heavy atom. The summed E-state index contributed by atoms with van der Waals surface area (Å²) in [5.41, 5.74) is 12.5. The normalized spacial score (nSPS) is 27.5. The first kappa shape index (κ1) is 11.4. The Morgan fingerprint density at radius 2 is 2.24 bits per heavy atom. The maximum absolute atomic E-state index is 11.7. The van der Waals surface area contributed by atoms with Crippen LogP contribution in [-0.2, 0) is 14.3 Å². The number of hydrogen-bond donors (Lipinski definition) is 3. The van der Waals surface area contributed by atoms with Gasteiger partial charge in [-0.3, -0.25) is 4.79 Å². The number of carbonyl (C=O) groups is 1. The van der Waals surface area contributed by atoms with Gasteiger partial charge in [-0.1, -0.05) is 0 Å². The molecule has 1 fully saturated rings. The van der Waals surface area contributed by atoms with E-state index in [1.54, 1.807) is 18.9 Å². The molecule has 1 saturated heterocycles. The number of rotatable bonds is 2. The second-order valence-corrected chi connectivity index (χ2v) is 3.83. The van der Waals surface area contributed by atoms with Crippen molar-refractivity contribution in [3.63, 3.8) is 0 Å². The summed E-state index contributed by atoms with van der Waals surface area (Å²) in [5.74, 6) is 0.941. The third-order valence-corrected chi connectivity index (χ3v) is 2.84. The minimum absolute atomic E-state index is 0.162. The summed E-state index contributed by atoms with van der Waals surface area (Å²) in [6.07, 6.45) is 0.812. The lowest BCUT2D eigenvalue weighted by atomic mass is 9.87. The van der Waals surface area contributed by atoms with Crippen LogP contribution >= 0.6 is 0 Å². The Morgan fingerprint density at radius 3 is 2.82 bits per heavy atom. The first-order chi connectivity index (χ1) is 8.10. The van der Waals surface area contributed by atoms with Crippen molar-refractivity contribution in [2.45, 2.75) is 13.0 Å². The zero-order valence-corrected chi connectivity index (χ0v) is 9.32. The zero-order valence-electron chi connectivity index (χ0n) is 9.32. The maximum Gasteiger partial charge on any atom is 0.254 e. The van der Waals surface area contributed by atoms with E-state index in [1.807, 2.05) is 0 Å². The molecule has 1 heterocycles. The molecule has 0 bridgehead atoms. The highest BCUT2D eigenvalue weighted by atomic mass is 16.5. The lowest BCUT2D eigenvalue weighted by Crippen LogP contribution is -2.31. The molecule has 1 amide bonds. The van der Waals surface area contributed by atoms with Crippen molar-refractivity contribution >= 4 is 11.8 Å². The van der Waals surface area contributed by atoms with Gasteiger partial charge in [-0.25, -0.2) is 4.79 Å². The number of nitrogens with one attached hydrogen (secondary N) is 1. The van der Waals surface area contributed by atoms with Gasteiger partial charge in [0.25, 0.3) is 5.91 Å². The van der Waals surface area contributed by atoms with Gasteiger partial charge in [0, 0.05) is 12.3 Å². The van der Waals surface area contributed by atoms with Crippen LogP contribution in [0, 0.1) is 5.92 Å². The van der Waals surface area contributed by atoms with Gasteiger partial charge in [0.05, 0.1) is 22.9 Å². The van der Waals surface area contributed by atoms with Crippen molar-refractivity contribution in [2.24, 2.45) is 17.4 Å². The molecule has 0 saturated carbocycles. The molecular weight excluding hydrogens is 222 g/mol. The SMILES string of the molecule is CCOC1C(=O)NC2=CC(N)=C(N)C(=C=O)C21. The van der Waals surface area contributed by atoms with E-state index in [9.17, 15) is 9.59 Å². The van der Waals surface area contributed by atoms with Crippen LogP contribution in [0.1, 0.15) is 6.92 Å². The fourth-order valence-electron chi connectivity index (χ4n) is 2.08. The van der Waals surface area contributed by atoms with Gasteiger partial charge >= 0.3 is 0 Å². The number of amides is 1. The Kier molecular flexibility index (Phi) is 2.75. The van der Waals surface area contributed by atoms with Gasteiger partial charge in [0.2, 0.25) is 0 Å². The summed E-state index contributed by atoms with van der Waals surface area (Å²) in [6, 6.07) is 0. The van der Waals surface area contributed by atoms with E-state index in [0.29, 0.717) is 12.3 Å². The lowest BCUT2D eigenvalue weighted by Gasteiger charge is -2.22. The molecule has 6 nitrogen and oxygen atoms in total. The molecule has 2 rings (SSSR count). The number of allylic oxidation sites excluding steroid dienone is 2. The van der Waals surface area contributed by atoms with E-state index < -0.39 is 12.0 Å². The molecule has 0 radical (unpaired) electrons. The second-order valence-electron chi connectivity index (χ2n) is 3.83. The van der Waals surface area contributed by atoms with Crippen molar-refractivity contribution in [2.75, 3.05) is 6.61 Å². The van der Waals surface area contributed by atoms with Crippen LogP contribution in [0.25, 0.3) is 0 Å². The van der Waals surface area contributed by atoms with E-state index in [4.69, 9.17) is 16.2 Å². The smallest absolute Gasteiger partial charge is 0.254 e. The quantitative estimate of drug-likeness (QED) is 0.528. The van der Waals surface area contributed by atoms with Gasteiger partial charge in [-0.05, 0) is 13.0 Å². The van der Waals surface area contributed by atoms with Crippen LogP contribution in [0.2, 0.25) is 0 Å². The summed E-state index contributed by atoms with van der Waals surface area (Å²) in [5, 5.41) is 2.63. The topological polar surface area (TPSA) is 107 Å². The second kappa shape index (κ2) is 4.08. The Hall–Kier alpha value is -2.04. The maximum atomic E-state index is 11.7. The summed E-state index contributed by atoms with van der Waals surface area (Å²) >= 11 is 0. The fraction of sp³-hybridized carbons (Fsp3) is 0.364.